The zero-order valence-corrected chi connectivity index (χ0v) is 18.2. The van der Waals surface area contributed by atoms with Crippen molar-refractivity contribution in [3.8, 4) is 0 Å². The Morgan fingerprint density at radius 3 is 2.58 bits per heavy atom. The highest BCUT2D eigenvalue weighted by Crippen LogP contribution is 2.21. The lowest BCUT2D eigenvalue weighted by Gasteiger charge is -2.33. The number of carboxylic acids is 1. The Labute approximate surface area is 182 Å². The fraction of sp³-hybridized carbons (Fsp3) is 0.522. The summed E-state index contributed by atoms with van der Waals surface area (Å²) < 4.78 is 0. The van der Waals surface area contributed by atoms with E-state index < -0.39 is 18.1 Å². The molecule has 0 radical (unpaired) electrons. The number of aromatic amines is 1. The molecule has 2 amide bonds. The van der Waals surface area contributed by atoms with Crippen LogP contribution >= 0.6 is 0 Å². The minimum Gasteiger partial charge on any atom is -0.548 e. The van der Waals surface area contributed by atoms with Crippen LogP contribution in [0.4, 0.5) is 0 Å². The quantitative estimate of drug-likeness (QED) is 0.539. The summed E-state index contributed by atoms with van der Waals surface area (Å²) in [6.45, 7) is 4.60. The number of carbonyl (C=O) groups is 3. The van der Waals surface area contributed by atoms with Crippen LogP contribution in [0.3, 0.4) is 0 Å². The second-order valence-electron chi connectivity index (χ2n) is 8.55. The Morgan fingerprint density at radius 2 is 1.94 bits per heavy atom. The molecule has 0 bridgehead atoms. The summed E-state index contributed by atoms with van der Waals surface area (Å²) in [6, 6.07) is 6.58. The van der Waals surface area contributed by atoms with Crippen LogP contribution in [0, 0.1) is 11.8 Å². The van der Waals surface area contributed by atoms with Crippen molar-refractivity contribution >= 4 is 28.7 Å². The number of likely N-dealkylation sites (tertiary alicyclic amines) is 1. The topological polar surface area (TPSA) is 133 Å². The van der Waals surface area contributed by atoms with Crippen LogP contribution in [0.2, 0.25) is 0 Å². The Hall–Kier alpha value is -2.87. The van der Waals surface area contributed by atoms with Gasteiger partial charge in [0, 0.05) is 42.5 Å². The number of benzene rings is 1. The summed E-state index contributed by atoms with van der Waals surface area (Å²) in [7, 11) is 0. The zero-order valence-electron chi connectivity index (χ0n) is 18.2. The van der Waals surface area contributed by atoms with Gasteiger partial charge in [0.05, 0.1) is 12.0 Å². The summed E-state index contributed by atoms with van der Waals surface area (Å²) in [4.78, 5) is 41.8. The Kier molecular flexibility index (Phi) is 7.33. The number of rotatable bonds is 8. The van der Waals surface area contributed by atoms with Crippen molar-refractivity contribution in [3.05, 3.63) is 36.0 Å². The second kappa shape index (κ2) is 9.96. The maximum Gasteiger partial charge on any atom is 0.281 e. The summed E-state index contributed by atoms with van der Waals surface area (Å²) in [5, 5.41) is 15.1. The molecule has 1 saturated heterocycles. The fourth-order valence-electron chi connectivity index (χ4n) is 4.21. The van der Waals surface area contributed by atoms with Gasteiger partial charge in [-0.2, -0.15) is 0 Å². The lowest BCUT2D eigenvalue weighted by molar-refractivity contribution is -0.405. The lowest BCUT2D eigenvalue weighted by atomic mass is 9.93. The smallest absolute Gasteiger partial charge is 0.281 e. The molecule has 31 heavy (non-hydrogen) atoms. The number of fused-ring (bicyclic) bond motifs is 1. The number of quaternary nitrogens is 1. The number of piperidine rings is 1. The maximum absolute atomic E-state index is 12.9. The van der Waals surface area contributed by atoms with Crippen molar-refractivity contribution in [3.63, 3.8) is 0 Å². The predicted molar refractivity (Wildman–Crippen MR) is 114 cm³/mol. The number of aliphatic carboxylic acids is 1. The van der Waals surface area contributed by atoms with Gasteiger partial charge in [0.2, 0.25) is 5.91 Å². The molecule has 2 heterocycles. The van der Waals surface area contributed by atoms with E-state index in [1.165, 1.54) is 0 Å². The molecule has 1 aromatic heterocycles. The lowest BCUT2D eigenvalue weighted by Crippen LogP contribution is -2.69. The number of carbonyl (C=O) groups excluding carboxylic acids is 3. The molecule has 5 N–H and O–H groups in total. The van der Waals surface area contributed by atoms with Crippen LogP contribution in [0.25, 0.3) is 10.9 Å². The molecule has 1 aromatic carbocycles. The molecule has 0 saturated carbocycles. The molecule has 0 spiro atoms. The number of hydrogen-bond acceptors (Lipinski definition) is 4. The third-order valence-corrected chi connectivity index (χ3v) is 6.43. The van der Waals surface area contributed by atoms with E-state index in [1.54, 1.807) is 11.8 Å². The van der Waals surface area contributed by atoms with Crippen LogP contribution in [0.5, 0.6) is 0 Å². The van der Waals surface area contributed by atoms with E-state index in [0.29, 0.717) is 38.8 Å². The van der Waals surface area contributed by atoms with Gasteiger partial charge in [-0.05, 0) is 30.4 Å². The van der Waals surface area contributed by atoms with Crippen LogP contribution in [0.15, 0.2) is 30.5 Å². The number of nitrogens with one attached hydrogen (secondary N) is 2. The molecule has 2 aromatic rings. The van der Waals surface area contributed by atoms with Gasteiger partial charge in [0.25, 0.3) is 5.91 Å². The van der Waals surface area contributed by atoms with Crippen molar-refractivity contribution in [2.45, 2.75) is 51.6 Å². The molecule has 8 heteroatoms. The minimum atomic E-state index is -1.26. The van der Waals surface area contributed by atoms with E-state index in [0.717, 1.165) is 16.5 Å². The van der Waals surface area contributed by atoms with Crippen LogP contribution < -0.4 is 16.2 Å². The molecular formula is C23H32N4O4. The van der Waals surface area contributed by atoms with Crippen LogP contribution in [0.1, 0.15) is 38.7 Å². The first-order valence-electron chi connectivity index (χ1n) is 11.0. The predicted octanol–water partition coefficient (Wildman–Crippen LogP) is -0.160. The highest BCUT2D eigenvalue weighted by molar-refractivity contribution is 5.86. The Balaban J connectivity index is 1.53. The number of nitrogens with zero attached hydrogens (tertiary/aromatic N) is 1. The Bertz CT molecular complexity index is 933. The van der Waals surface area contributed by atoms with Gasteiger partial charge in [0.1, 0.15) is 0 Å². The van der Waals surface area contributed by atoms with Gasteiger partial charge >= 0.3 is 0 Å². The summed E-state index contributed by atoms with van der Waals surface area (Å²) in [5.41, 5.74) is 6.18. The van der Waals surface area contributed by atoms with Crippen molar-refractivity contribution in [1.82, 2.24) is 15.2 Å². The van der Waals surface area contributed by atoms with E-state index in [9.17, 15) is 19.5 Å². The van der Waals surface area contributed by atoms with Crippen LogP contribution in [-0.2, 0) is 20.8 Å². The van der Waals surface area contributed by atoms with E-state index in [2.05, 4.69) is 16.0 Å². The monoisotopic (exact) mass is 428 g/mol. The van der Waals surface area contributed by atoms with Crippen LogP contribution in [-0.4, -0.2) is 52.8 Å². The zero-order chi connectivity index (χ0) is 22.5. The normalized spacial score (nSPS) is 17.8. The third kappa shape index (κ3) is 5.25. The van der Waals surface area contributed by atoms with Crippen molar-refractivity contribution < 1.29 is 25.2 Å². The first-order chi connectivity index (χ1) is 14.8. The summed E-state index contributed by atoms with van der Waals surface area (Å²) in [5.74, 6) is -2.05. The molecule has 3 rings (SSSR count). The molecule has 0 unspecified atom stereocenters. The summed E-state index contributed by atoms with van der Waals surface area (Å²) >= 11 is 0. The third-order valence-electron chi connectivity index (χ3n) is 6.43. The maximum atomic E-state index is 12.9. The van der Waals surface area contributed by atoms with Crippen molar-refractivity contribution in [2.24, 2.45) is 11.8 Å². The van der Waals surface area contributed by atoms with E-state index in [-0.39, 0.29) is 23.7 Å². The first kappa shape index (κ1) is 22.8. The highest BCUT2D eigenvalue weighted by atomic mass is 16.4. The number of H-pyrrole nitrogens is 1. The summed E-state index contributed by atoms with van der Waals surface area (Å²) in [6.07, 6.45) is 4.13. The molecule has 1 aliphatic heterocycles. The molecule has 0 aliphatic carbocycles. The van der Waals surface area contributed by atoms with Gasteiger partial charge in [-0.15, -0.1) is 0 Å². The number of para-hydroxylation sites is 1. The van der Waals surface area contributed by atoms with E-state index in [4.69, 9.17) is 0 Å². The molecule has 1 aliphatic rings. The number of hydrogen-bond donors (Lipinski definition) is 3. The average Bonchev–Trinajstić information content (AvgIpc) is 3.19. The molecule has 168 valence electrons. The Morgan fingerprint density at radius 1 is 1.26 bits per heavy atom. The van der Waals surface area contributed by atoms with Gasteiger partial charge in [-0.25, -0.2) is 0 Å². The standard InChI is InChI=1S/C23H32N4O4/c1-3-14(2)20(23(30)31)26-21(28)15-8-10-27(11-9-15)22(29)18(24)12-16-13-25-19-7-5-4-6-17(16)19/h4-7,13-15,18,20,25H,3,8-12,24H2,1-2H3,(H,26,28)(H,30,31)/t14-,18+,20+/m1/s1. The minimum absolute atomic E-state index is 0.0173. The highest BCUT2D eigenvalue weighted by Gasteiger charge is 2.32. The molecule has 3 atom stereocenters. The number of carboxylic acid groups (broad SMARTS) is 1. The first-order valence-corrected chi connectivity index (χ1v) is 11.0. The fourth-order valence-corrected chi connectivity index (χ4v) is 4.21. The van der Waals surface area contributed by atoms with Gasteiger partial charge in [-0.3, -0.25) is 9.59 Å². The number of amides is 2. The van der Waals surface area contributed by atoms with Gasteiger partial charge in [0.15, 0.2) is 6.04 Å². The van der Waals surface area contributed by atoms with Crippen molar-refractivity contribution in [2.75, 3.05) is 13.1 Å². The largest absolute Gasteiger partial charge is 0.548 e. The number of aromatic nitrogens is 1. The van der Waals surface area contributed by atoms with Crippen molar-refractivity contribution in [1.29, 1.82) is 0 Å². The average molecular weight is 429 g/mol. The van der Waals surface area contributed by atoms with E-state index >= 15 is 0 Å². The van der Waals surface area contributed by atoms with E-state index in [1.807, 2.05) is 37.4 Å². The molecule has 1 fully saturated rings. The SMILES string of the molecule is CC[C@@H](C)[C@H](NC(=O)C1CCN(C(=O)[C@@H]([NH3+])Cc2c[nH]c3ccccc23)CC1)C(=O)[O-]. The van der Waals surface area contributed by atoms with Gasteiger partial charge < -0.3 is 30.8 Å². The molecule has 8 nitrogen and oxygen atoms in total. The second-order valence-corrected chi connectivity index (χ2v) is 8.55. The van der Waals surface area contributed by atoms with Gasteiger partial charge in [-0.1, -0.05) is 38.5 Å². The molecular weight excluding hydrogens is 396 g/mol.